The number of ether oxygens (including phenoxy) is 1. The van der Waals surface area contributed by atoms with Gasteiger partial charge in [0, 0.05) is 51.1 Å². The molecule has 2 saturated heterocycles. The lowest BCUT2D eigenvalue weighted by Crippen LogP contribution is -2.56. The van der Waals surface area contributed by atoms with Crippen LogP contribution in [0.3, 0.4) is 0 Å². The highest BCUT2D eigenvalue weighted by atomic mass is 32.1. The van der Waals surface area contributed by atoms with Crippen LogP contribution in [0, 0.1) is 23.0 Å². The molecule has 13 heteroatoms. The number of anilines is 3. The summed E-state index contributed by atoms with van der Waals surface area (Å²) >= 11 is 1.23. The number of rotatable bonds is 6. The van der Waals surface area contributed by atoms with E-state index in [0.717, 1.165) is 24.2 Å². The van der Waals surface area contributed by atoms with E-state index in [1.165, 1.54) is 29.7 Å². The molecule has 1 atom stereocenters. The number of thiazole rings is 1. The highest BCUT2D eigenvalue weighted by Gasteiger charge is 2.43. The highest BCUT2D eigenvalue weighted by molar-refractivity contribution is 7.16. The predicted molar refractivity (Wildman–Crippen MR) is 157 cm³/mol. The van der Waals surface area contributed by atoms with Crippen molar-refractivity contribution in [2.24, 2.45) is 0 Å². The van der Waals surface area contributed by atoms with Crippen molar-refractivity contribution < 1.29 is 23.4 Å². The van der Waals surface area contributed by atoms with Gasteiger partial charge in [0.1, 0.15) is 22.5 Å². The average Bonchev–Trinajstić information content (AvgIpc) is 3.43. The van der Waals surface area contributed by atoms with Gasteiger partial charge in [-0.1, -0.05) is 11.3 Å². The van der Waals surface area contributed by atoms with Crippen LogP contribution in [0.1, 0.15) is 35.8 Å². The Morgan fingerprint density at radius 2 is 1.95 bits per heavy atom. The summed E-state index contributed by atoms with van der Waals surface area (Å²) in [6.07, 6.45) is 3.63. The molecule has 43 heavy (non-hydrogen) atoms. The lowest BCUT2D eigenvalue weighted by Gasteiger charge is -2.38. The average molecular weight is 606 g/mol. The molecule has 0 radical (unpaired) electrons. The van der Waals surface area contributed by atoms with Crippen LogP contribution in [0.2, 0.25) is 0 Å². The van der Waals surface area contributed by atoms with Crippen molar-refractivity contribution in [3.63, 3.8) is 0 Å². The number of hydrogen-bond donors (Lipinski definition) is 1. The van der Waals surface area contributed by atoms with Gasteiger partial charge in [0.15, 0.2) is 16.5 Å². The minimum absolute atomic E-state index is 0.00146. The number of carbonyl (C=O) groups is 1. The number of nitrogens with zero attached hydrogens (tertiary/aromatic N) is 7. The standard InChI is InChI=1S/C30H29F2N7O3S/c1-36(29-34-25(24(15-33)43-29)18-4-6-20(31)7-5-18)27-23-14-22(21(32)16-39(23)35-26(27)19-2-3-19)37-9-11-38(12-10-37)28(40)30(41)8-13-42-17-30/h4-7,14,16,19,41H,2-3,8-13,17H2,1H3/t30-/m1/s1. The minimum Gasteiger partial charge on any atom is -0.378 e. The van der Waals surface area contributed by atoms with Crippen molar-refractivity contribution in [1.29, 1.82) is 5.26 Å². The summed E-state index contributed by atoms with van der Waals surface area (Å²) in [4.78, 5) is 23.5. The molecule has 5 heterocycles. The Kier molecular flexibility index (Phi) is 6.80. The van der Waals surface area contributed by atoms with Gasteiger partial charge < -0.3 is 24.5 Å². The Labute approximate surface area is 250 Å². The van der Waals surface area contributed by atoms with E-state index in [1.807, 2.05) is 16.8 Å². The normalized spacial score (nSPS) is 20.5. The number of benzene rings is 1. The number of halogens is 2. The summed E-state index contributed by atoms with van der Waals surface area (Å²) in [6, 6.07) is 9.88. The zero-order valence-electron chi connectivity index (χ0n) is 23.5. The first-order chi connectivity index (χ1) is 20.8. The molecule has 0 unspecified atom stereocenters. The fourth-order valence-corrected chi connectivity index (χ4v) is 6.73. The van der Waals surface area contributed by atoms with Crippen molar-refractivity contribution in [1.82, 2.24) is 19.5 Å². The van der Waals surface area contributed by atoms with Gasteiger partial charge in [0.2, 0.25) is 0 Å². The van der Waals surface area contributed by atoms with Crippen molar-refractivity contribution in [2.75, 3.05) is 56.2 Å². The topological polar surface area (TPSA) is 110 Å². The fourth-order valence-electron chi connectivity index (χ4n) is 5.87. The summed E-state index contributed by atoms with van der Waals surface area (Å²) in [5, 5.41) is 25.8. The third-order valence-corrected chi connectivity index (χ3v) is 9.47. The molecule has 1 amide bonds. The summed E-state index contributed by atoms with van der Waals surface area (Å²) in [7, 11) is 1.86. The van der Waals surface area contributed by atoms with E-state index < -0.39 is 11.4 Å². The van der Waals surface area contributed by atoms with Gasteiger partial charge in [-0.15, -0.1) is 0 Å². The maximum absolute atomic E-state index is 15.5. The van der Waals surface area contributed by atoms with E-state index in [2.05, 4.69) is 6.07 Å². The number of piperazine rings is 1. The van der Waals surface area contributed by atoms with Crippen molar-refractivity contribution in [3.8, 4) is 17.3 Å². The molecule has 1 aromatic carbocycles. The monoisotopic (exact) mass is 605 g/mol. The van der Waals surface area contributed by atoms with Crippen molar-refractivity contribution >= 4 is 39.3 Å². The van der Waals surface area contributed by atoms with Gasteiger partial charge in [-0.3, -0.25) is 4.79 Å². The summed E-state index contributed by atoms with van der Waals surface area (Å²) in [5.74, 6) is -0.883. The van der Waals surface area contributed by atoms with Crippen LogP contribution in [-0.2, 0) is 9.53 Å². The van der Waals surface area contributed by atoms with Crippen LogP contribution in [0.4, 0.5) is 25.3 Å². The summed E-state index contributed by atoms with van der Waals surface area (Å²) in [6.45, 7) is 1.87. The SMILES string of the molecule is CN(c1nc(-c2ccc(F)cc2)c(C#N)s1)c1c(C2CC2)nn2cc(F)c(N3CCN(C(=O)[C@@]4(O)CCOC4)CC3)cc12. The van der Waals surface area contributed by atoms with Gasteiger partial charge in [-0.25, -0.2) is 18.3 Å². The quantitative estimate of drug-likeness (QED) is 0.351. The molecule has 3 aromatic heterocycles. The second kappa shape index (κ2) is 10.6. The van der Waals surface area contributed by atoms with E-state index in [4.69, 9.17) is 14.8 Å². The number of carbonyl (C=O) groups excluding carboxylic acids is 1. The van der Waals surface area contributed by atoms with E-state index in [9.17, 15) is 19.6 Å². The summed E-state index contributed by atoms with van der Waals surface area (Å²) in [5.41, 5.74) is 2.39. The van der Waals surface area contributed by atoms with Gasteiger partial charge in [0.25, 0.3) is 5.91 Å². The molecule has 1 saturated carbocycles. The number of pyridine rings is 1. The highest BCUT2D eigenvalue weighted by Crippen LogP contribution is 2.48. The van der Waals surface area contributed by atoms with Crippen LogP contribution < -0.4 is 9.80 Å². The Morgan fingerprint density at radius 1 is 1.21 bits per heavy atom. The number of fused-ring (bicyclic) bond motifs is 1. The Morgan fingerprint density at radius 3 is 2.60 bits per heavy atom. The number of amides is 1. The number of aliphatic hydroxyl groups is 1. The second-order valence-corrected chi connectivity index (χ2v) is 12.3. The van der Waals surface area contributed by atoms with Crippen molar-refractivity contribution in [2.45, 2.75) is 30.8 Å². The van der Waals surface area contributed by atoms with E-state index >= 15 is 4.39 Å². The smallest absolute Gasteiger partial charge is 0.257 e. The molecule has 1 aliphatic carbocycles. The van der Waals surface area contributed by atoms with Crippen LogP contribution in [0.25, 0.3) is 16.8 Å². The van der Waals surface area contributed by atoms with Gasteiger partial charge in [-0.2, -0.15) is 10.4 Å². The molecule has 4 aromatic rings. The van der Waals surface area contributed by atoms with Crippen LogP contribution in [0.5, 0.6) is 0 Å². The van der Waals surface area contributed by atoms with E-state index in [1.54, 1.807) is 27.6 Å². The Balaban J connectivity index is 1.21. The maximum atomic E-state index is 15.5. The van der Waals surface area contributed by atoms with Crippen LogP contribution >= 0.6 is 11.3 Å². The molecule has 222 valence electrons. The molecule has 0 bridgehead atoms. The third kappa shape index (κ3) is 4.89. The fraction of sp³-hybridized carbons (Fsp3) is 0.400. The number of aromatic nitrogens is 3. The molecule has 1 N–H and O–H groups in total. The lowest BCUT2D eigenvalue weighted by atomic mass is 10.0. The molecule has 10 nitrogen and oxygen atoms in total. The van der Waals surface area contributed by atoms with Gasteiger partial charge in [0.05, 0.1) is 42.0 Å². The predicted octanol–water partition coefficient (Wildman–Crippen LogP) is 4.05. The zero-order chi connectivity index (χ0) is 29.9. The Hall–Kier alpha value is -4.12. The first-order valence-electron chi connectivity index (χ1n) is 14.2. The number of hydrogen-bond acceptors (Lipinski definition) is 9. The van der Waals surface area contributed by atoms with Gasteiger partial charge >= 0.3 is 0 Å². The molecule has 3 fully saturated rings. The Bertz CT molecular complexity index is 1750. The van der Waals surface area contributed by atoms with Crippen LogP contribution in [0.15, 0.2) is 36.5 Å². The van der Waals surface area contributed by atoms with E-state index in [-0.39, 0.29) is 30.7 Å². The molecule has 3 aliphatic rings. The zero-order valence-corrected chi connectivity index (χ0v) is 24.3. The van der Waals surface area contributed by atoms with Crippen LogP contribution in [-0.4, -0.2) is 82.6 Å². The minimum atomic E-state index is -1.49. The molecule has 7 rings (SSSR count). The lowest BCUT2D eigenvalue weighted by molar-refractivity contribution is -0.151. The number of nitriles is 1. The largest absolute Gasteiger partial charge is 0.378 e. The van der Waals surface area contributed by atoms with E-state index in [0.29, 0.717) is 65.3 Å². The molecule has 0 spiro atoms. The summed E-state index contributed by atoms with van der Waals surface area (Å²) < 4.78 is 35.9. The third-order valence-electron chi connectivity index (χ3n) is 8.43. The molecule has 2 aliphatic heterocycles. The van der Waals surface area contributed by atoms with Gasteiger partial charge in [-0.05, 0) is 43.2 Å². The second-order valence-electron chi connectivity index (χ2n) is 11.3. The molecular weight excluding hydrogens is 576 g/mol. The molecular formula is C30H29F2N7O3S. The first-order valence-corrected chi connectivity index (χ1v) is 15.0. The first kappa shape index (κ1) is 27.7. The maximum Gasteiger partial charge on any atom is 0.257 e. The van der Waals surface area contributed by atoms with Crippen molar-refractivity contribution in [3.05, 3.63) is 58.7 Å².